The lowest BCUT2D eigenvalue weighted by atomic mass is 10.2. The highest BCUT2D eigenvalue weighted by molar-refractivity contribution is 5.96. The smallest absolute Gasteiger partial charge is 0.251 e. The molecule has 0 spiro atoms. The summed E-state index contributed by atoms with van der Waals surface area (Å²) in [4.78, 5) is 23.8. The Morgan fingerprint density at radius 3 is 2.29 bits per heavy atom. The zero-order valence-corrected chi connectivity index (χ0v) is 13.7. The van der Waals surface area contributed by atoms with Crippen molar-refractivity contribution in [2.75, 3.05) is 20.8 Å². The van der Waals surface area contributed by atoms with E-state index in [1.165, 1.54) is 7.11 Å². The molecule has 0 atom stereocenters. The monoisotopic (exact) mass is 328 g/mol. The van der Waals surface area contributed by atoms with Crippen LogP contribution in [0.5, 0.6) is 11.5 Å². The molecular formula is C18H20N2O4. The molecule has 2 rings (SSSR count). The molecule has 2 amide bonds. The third-order valence-electron chi connectivity index (χ3n) is 3.39. The van der Waals surface area contributed by atoms with Crippen LogP contribution in [0.25, 0.3) is 0 Å². The van der Waals surface area contributed by atoms with Crippen molar-refractivity contribution < 1.29 is 19.1 Å². The molecule has 0 radical (unpaired) electrons. The van der Waals surface area contributed by atoms with Gasteiger partial charge < -0.3 is 20.1 Å². The van der Waals surface area contributed by atoms with Crippen LogP contribution in [-0.4, -0.2) is 32.6 Å². The lowest BCUT2D eigenvalue weighted by molar-refractivity contribution is -0.120. The van der Waals surface area contributed by atoms with Gasteiger partial charge in [-0.2, -0.15) is 0 Å². The molecule has 0 saturated heterocycles. The number of ether oxygens (including phenoxy) is 2. The van der Waals surface area contributed by atoms with Crippen LogP contribution in [0.3, 0.4) is 0 Å². The number of nitrogens with one attached hydrogen (secondary N) is 2. The molecule has 0 heterocycles. The van der Waals surface area contributed by atoms with E-state index in [4.69, 9.17) is 9.47 Å². The van der Waals surface area contributed by atoms with Crippen molar-refractivity contribution in [1.82, 2.24) is 10.6 Å². The van der Waals surface area contributed by atoms with Crippen LogP contribution in [0, 0.1) is 0 Å². The van der Waals surface area contributed by atoms with Gasteiger partial charge in [0.05, 0.1) is 20.8 Å². The third-order valence-corrected chi connectivity index (χ3v) is 3.39. The lowest BCUT2D eigenvalue weighted by Crippen LogP contribution is -2.36. The lowest BCUT2D eigenvalue weighted by Gasteiger charge is -2.08. The molecule has 2 N–H and O–H groups in total. The molecule has 24 heavy (non-hydrogen) atoms. The number of carbonyl (C=O) groups is 2. The van der Waals surface area contributed by atoms with Crippen LogP contribution in [0.2, 0.25) is 0 Å². The van der Waals surface area contributed by atoms with Crippen LogP contribution in [0.4, 0.5) is 0 Å². The Morgan fingerprint density at radius 1 is 0.917 bits per heavy atom. The summed E-state index contributed by atoms with van der Waals surface area (Å²) >= 11 is 0. The maximum absolute atomic E-state index is 12.0. The Balaban J connectivity index is 1.78. The van der Waals surface area contributed by atoms with E-state index in [1.54, 1.807) is 31.4 Å². The van der Waals surface area contributed by atoms with Gasteiger partial charge >= 0.3 is 0 Å². The minimum absolute atomic E-state index is 0.0911. The summed E-state index contributed by atoms with van der Waals surface area (Å²) in [5.74, 6) is 0.762. The van der Waals surface area contributed by atoms with Gasteiger partial charge in [0.15, 0.2) is 0 Å². The average molecular weight is 328 g/mol. The Morgan fingerprint density at radius 2 is 1.62 bits per heavy atom. The second-order valence-corrected chi connectivity index (χ2v) is 5.04. The predicted octanol–water partition coefficient (Wildman–Crippen LogP) is 1.75. The van der Waals surface area contributed by atoms with E-state index >= 15 is 0 Å². The van der Waals surface area contributed by atoms with Crippen LogP contribution in [0.15, 0.2) is 48.5 Å². The van der Waals surface area contributed by atoms with Crippen LogP contribution in [-0.2, 0) is 11.3 Å². The summed E-state index contributed by atoms with van der Waals surface area (Å²) in [7, 11) is 3.13. The summed E-state index contributed by atoms with van der Waals surface area (Å²) in [6, 6.07) is 14.1. The fourth-order valence-corrected chi connectivity index (χ4v) is 2.03. The van der Waals surface area contributed by atoms with Gasteiger partial charge in [0.2, 0.25) is 5.91 Å². The van der Waals surface area contributed by atoms with E-state index in [-0.39, 0.29) is 18.4 Å². The highest BCUT2D eigenvalue weighted by Crippen LogP contribution is 2.12. The summed E-state index contributed by atoms with van der Waals surface area (Å²) in [6.07, 6.45) is 0. The Labute approximate surface area is 140 Å². The van der Waals surface area contributed by atoms with Gasteiger partial charge in [0.25, 0.3) is 5.91 Å². The zero-order chi connectivity index (χ0) is 17.4. The second-order valence-electron chi connectivity index (χ2n) is 5.04. The van der Waals surface area contributed by atoms with Crippen molar-refractivity contribution in [3.8, 4) is 11.5 Å². The summed E-state index contributed by atoms with van der Waals surface area (Å²) in [5, 5.41) is 5.32. The number of benzene rings is 2. The minimum atomic E-state index is -0.325. The van der Waals surface area contributed by atoms with Crippen LogP contribution in [0.1, 0.15) is 15.9 Å². The van der Waals surface area contributed by atoms with E-state index < -0.39 is 0 Å². The van der Waals surface area contributed by atoms with E-state index in [2.05, 4.69) is 10.6 Å². The van der Waals surface area contributed by atoms with Crippen molar-refractivity contribution in [3.05, 3.63) is 59.7 Å². The van der Waals surface area contributed by atoms with Gasteiger partial charge in [-0.25, -0.2) is 0 Å². The van der Waals surface area contributed by atoms with Crippen molar-refractivity contribution in [2.24, 2.45) is 0 Å². The van der Waals surface area contributed by atoms with Crippen LogP contribution >= 0.6 is 0 Å². The predicted molar refractivity (Wildman–Crippen MR) is 90.2 cm³/mol. The number of hydrogen-bond donors (Lipinski definition) is 2. The van der Waals surface area contributed by atoms with E-state index in [1.807, 2.05) is 24.3 Å². The molecule has 6 nitrogen and oxygen atoms in total. The molecule has 0 fully saturated rings. The highest BCUT2D eigenvalue weighted by atomic mass is 16.5. The standard InChI is InChI=1S/C18H20N2O4/c1-23-15-8-6-13(7-9-15)11-19-17(21)12-20-18(22)14-4-3-5-16(10-14)24-2/h3-10H,11-12H2,1-2H3,(H,19,21)(H,20,22). The molecule has 2 aromatic carbocycles. The van der Waals surface area contributed by atoms with Gasteiger partial charge in [-0.1, -0.05) is 18.2 Å². The fraction of sp³-hybridized carbons (Fsp3) is 0.222. The molecular weight excluding hydrogens is 308 g/mol. The first kappa shape index (κ1) is 17.3. The maximum Gasteiger partial charge on any atom is 0.251 e. The first-order valence-electron chi connectivity index (χ1n) is 7.44. The molecule has 0 aliphatic rings. The fourth-order valence-electron chi connectivity index (χ4n) is 2.03. The summed E-state index contributed by atoms with van der Waals surface area (Å²) < 4.78 is 10.1. The number of carbonyl (C=O) groups excluding carboxylic acids is 2. The Bertz CT molecular complexity index is 698. The molecule has 0 saturated carbocycles. The van der Waals surface area contributed by atoms with E-state index in [0.29, 0.717) is 17.9 Å². The van der Waals surface area contributed by atoms with Crippen molar-refractivity contribution in [3.63, 3.8) is 0 Å². The SMILES string of the molecule is COc1ccc(CNC(=O)CNC(=O)c2cccc(OC)c2)cc1. The van der Waals surface area contributed by atoms with Gasteiger partial charge in [-0.15, -0.1) is 0 Å². The number of hydrogen-bond acceptors (Lipinski definition) is 4. The molecule has 2 aromatic rings. The molecule has 0 unspecified atom stereocenters. The molecule has 6 heteroatoms. The Kier molecular flexibility index (Phi) is 6.19. The minimum Gasteiger partial charge on any atom is -0.497 e. The summed E-state index contributed by atoms with van der Waals surface area (Å²) in [5.41, 5.74) is 1.39. The largest absolute Gasteiger partial charge is 0.497 e. The van der Waals surface area contributed by atoms with Gasteiger partial charge in [0, 0.05) is 12.1 Å². The first-order valence-corrected chi connectivity index (χ1v) is 7.44. The van der Waals surface area contributed by atoms with Gasteiger partial charge in [0.1, 0.15) is 11.5 Å². The number of methoxy groups -OCH3 is 2. The van der Waals surface area contributed by atoms with Crippen molar-refractivity contribution in [1.29, 1.82) is 0 Å². The highest BCUT2D eigenvalue weighted by Gasteiger charge is 2.08. The maximum atomic E-state index is 12.0. The quantitative estimate of drug-likeness (QED) is 0.812. The van der Waals surface area contributed by atoms with Gasteiger partial charge in [-0.05, 0) is 35.9 Å². The van der Waals surface area contributed by atoms with E-state index in [9.17, 15) is 9.59 Å². The average Bonchev–Trinajstić information content (AvgIpc) is 2.64. The second kappa shape index (κ2) is 8.57. The van der Waals surface area contributed by atoms with E-state index in [0.717, 1.165) is 11.3 Å². The number of amides is 2. The normalized spacial score (nSPS) is 9.92. The molecule has 126 valence electrons. The molecule has 0 aliphatic carbocycles. The van der Waals surface area contributed by atoms with Crippen LogP contribution < -0.4 is 20.1 Å². The third kappa shape index (κ3) is 5.01. The number of rotatable bonds is 7. The molecule has 0 aliphatic heterocycles. The first-order chi connectivity index (χ1) is 11.6. The molecule has 0 aromatic heterocycles. The van der Waals surface area contributed by atoms with Crippen molar-refractivity contribution in [2.45, 2.75) is 6.54 Å². The Hall–Kier alpha value is -3.02. The van der Waals surface area contributed by atoms with Crippen molar-refractivity contribution >= 4 is 11.8 Å². The zero-order valence-electron chi connectivity index (χ0n) is 13.7. The topological polar surface area (TPSA) is 76.7 Å². The summed E-state index contributed by atoms with van der Waals surface area (Å²) in [6.45, 7) is 0.296. The molecule has 0 bridgehead atoms. The van der Waals surface area contributed by atoms with Gasteiger partial charge in [-0.3, -0.25) is 9.59 Å².